The molecule has 3 aromatic rings. The normalized spacial score (nSPS) is 15.1. The fraction of sp³-hybridized carbons (Fsp3) is 0.364. The van der Waals surface area contributed by atoms with E-state index in [9.17, 15) is 4.79 Å². The summed E-state index contributed by atoms with van der Waals surface area (Å²) in [5.74, 6) is 0.0997. The van der Waals surface area contributed by atoms with E-state index < -0.39 is 5.97 Å². The van der Waals surface area contributed by atoms with Gasteiger partial charge in [0.2, 0.25) is 0 Å². The maximum absolute atomic E-state index is 10.9. The summed E-state index contributed by atoms with van der Waals surface area (Å²) < 4.78 is 6.38. The summed E-state index contributed by atoms with van der Waals surface area (Å²) in [6, 6.07) is 12.2. The van der Waals surface area contributed by atoms with Crippen LogP contribution in [0.1, 0.15) is 44.1 Å². The lowest BCUT2D eigenvalue weighted by molar-refractivity contribution is -0.136. The van der Waals surface area contributed by atoms with E-state index in [4.69, 9.17) is 9.84 Å². The first-order valence-corrected chi connectivity index (χ1v) is 9.64. The molecule has 1 aliphatic carbocycles. The highest BCUT2D eigenvalue weighted by Crippen LogP contribution is 2.35. The number of aliphatic carboxylic acids is 1. The lowest BCUT2D eigenvalue weighted by Gasteiger charge is -2.24. The minimum Gasteiger partial charge on any atom is -0.490 e. The van der Waals surface area contributed by atoms with E-state index in [0.717, 1.165) is 46.2 Å². The van der Waals surface area contributed by atoms with Crippen molar-refractivity contribution >= 4 is 16.9 Å². The quantitative estimate of drug-likeness (QED) is 0.648. The topological polar surface area (TPSA) is 75.2 Å². The van der Waals surface area contributed by atoms with Gasteiger partial charge in [-0.15, -0.1) is 0 Å². The van der Waals surface area contributed by atoms with Crippen molar-refractivity contribution < 1.29 is 14.6 Å². The number of fused-ring (bicyclic) bond motifs is 1. The highest BCUT2D eigenvalue weighted by atomic mass is 16.5. The number of aromatic nitrogens is 2. The van der Waals surface area contributed by atoms with E-state index in [2.05, 4.69) is 28.4 Å². The summed E-state index contributed by atoms with van der Waals surface area (Å²) in [4.78, 5) is 10.9. The maximum atomic E-state index is 10.9. The zero-order valence-electron chi connectivity index (χ0n) is 15.3. The Morgan fingerprint density at radius 2 is 2.00 bits per heavy atom. The van der Waals surface area contributed by atoms with Gasteiger partial charge in [-0.2, -0.15) is 5.10 Å². The van der Waals surface area contributed by atoms with Crippen LogP contribution in [0.3, 0.4) is 0 Å². The van der Waals surface area contributed by atoms with Crippen molar-refractivity contribution in [2.45, 2.75) is 51.0 Å². The number of aryl methyl sites for hydroxylation is 1. The fourth-order valence-electron chi connectivity index (χ4n) is 3.79. The van der Waals surface area contributed by atoms with Gasteiger partial charge in [-0.1, -0.05) is 18.6 Å². The average molecular weight is 364 g/mol. The van der Waals surface area contributed by atoms with E-state index in [-0.39, 0.29) is 12.5 Å². The molecule has 0 radical (unpaired) electrons. The van der Waals surface area contributed by atoms with Crippen LogP contribution in [0, 0.1) is 0 Å². The lowest BCUT2D eigenvalue weighted by Crippen LogP contribution is -2.20. The average Bonchev–Trinajstić information content (AvgIpc) is 3.16. The zero-order chi connectivity index (χ0) is 18.6. The smallest absolute Gasteiger partial charge is 0.303 e. The second kappa shape index (κ2) is 7.82. The highest BCUT2D eigenvalue weighted by molar-refractivity contribution is 5.85. The summed E-state index contributed by atoms with van der Waals surface area (Å²) in [5.41, 5.74) is 4.09. The van der Waals surface area contributed by atoms with Crippen molar-refractivity contribution in [3.8, 4) is 16.9 Å². The Morgan fingerprint density at radius 1 is 1.15 bits per heavy atom. The molecule has 0 unspecified atom stereocenters. The van der Waals surface area contributed by atoms with Crippen molar-refractivity contribution in [2.75, 3.05) is 0 Å². The molecule has 0 bridgehead atoms. The SMILES string of the molecule is O=C(O)CCc1ccc(OC2CCCCC2)c(-c2ccc3[nH]ncc3c2)c1. The number of benzene rings is 2. The molecule has 1 fully saturated rings. The van der Waals surface area contributed by atoms with Gasteiger partial charge < -0.3 is 9.84 Å². The number of H-pyrrole nitrogens is 1. The van der Waals surface area contributed by atoms with Gasteiger partial charge in [0.05, 0.1) is 17.8 Å². The number of aromatic amines is 1. The van der Waals surface area contributed by atoms with Crippen molar-refractivity contribution in [1.82, 2.24) is 10.2 Å². The Bertz CT molecular complexity index is 942. The lowest BCUT2D eigenvalue weighted by atomic mass is 9.96. The van der Waals surface area contributed by atoms with Crippen molar-refractivity contribution in [3.63, 3.8) is 0 Å². The first kappa shape index (κ1) is 17.6. The van der Waals surface area contributed by atoms with Crippen LogP contribution in [0.25, 0.3) is 22.0 Å². The summed E-state index contributed by atoms with van der Waals surface area (Å²) >= 11 is 0. The summed E-state index contributed by atoms with van der Waals surface area (Å²) in [6.45, 7) is 0. The Balaban J connectivity index is 1.69. The number of carbonyl (C=O) groups is 1. The summed E-state index contributed by atoms with van der Waals surface area (Å²) in [6.07, 6.45) is 8.65. The van der Waals surface area contributed by atoms with Crippen LogP contribution in [-0.2, 0) is 11.2 Å². The van der Waals surface area contributed by atoms with Gasteiger partial charge in [0, 0.05) is 17.4 Å². The third-order valence-electron chi connectivity index (χ3n) is 5.27. The van der Waals surface area contributed by atoms with Gasteiger partial charge in [0.1, 0.15) is 5.75 Å². The number of nitrogens with one attached hydrogen (secondary N) is 1. The molecule has 140 valence electrons. The Labute approximate surface area is 158 Å². The third-order valence-corrected chi connectivity index (χ3v) is 5.27. The fourth-order valence-corrected chi connectivity index (χ4v) is 3.79. The van der Waals surface area contributed by atoms with Crippen molar-refractivity contribution in [1.29, 1.82) is 0 Å². The van der Waals surface area contributed by atoms with Gasteiger partial charge in [-0.05, 0) is 67.5 Å². The van der Waals surface area contributed by atoms with Crippen LogP contribution in [-0.4, -0.2) is 27.4 Å². The van der Waals surface area contributed by atoms with Gasteiger partial charge in [0.25, 0.3) is 0 Å². The molecule has 0 spiro atoms. The van der Waals surface area contributed by atoms with Crippen LogP contribution >= 0.6 is 0 Å². The van der Waals surface area contributed by atoms with Crippen LogP contribution in [0.2, 0.25) is 0 Å². The number of rotatable bonds is 6. The summed E-state index contributed by atoms with van der Waals surface area (Å²) in [7, 11) is 0. The Morgan fingerprint density at radius 3 is 2.81 bits per heavy atom. The molecule has 4 rings (SSSR count). The minimum atomic E-state index is -0.779. The number of ether oxygens (including phenoxy) is 1. The maximum Gasteiger partial charge on any atom is 0.303 e. The molecule has 0 aliphatic heterocycles. The van der Waals surface area contributed by atoms with E-state index in [1.54, 1.807) is 0 Å². The molecule has 27 heavy (non-hydrogen) atoms. The van der Waals surface area contributed by atoms with E-state index in [1.165, 1.54) is 19.3 Å². The third kappa shape index (κ3) is 4.13. The highest BCUT2D eigenvalue weighted by Gasteiger charge is 2.18. The first-order chi connectivity index (χ1) is 13.2. The predicted molar refractivity (Wildman–Crippen MR) is 105 cm³/mol. The van der Waals surface area contributed by atoms with Gasteiger partial charge in [-0.25, -0.2) is 0 Å². The van der Waals surface area contributed by atoms with Crippen molar-refractivity contribution in [3.05, 3.63) is 48.2 Å². The molecule has 0 atom stereocenters. The molecular formula is C22H24N2O3. The zero-order valence-corrected chi connectivity index (χ0v) is 15.3. The Hall–Kier alpha value is -2.82. The van der Waals surface area contributed by atoms with Gasteiger partial charge in [0.15, 0.2) is 0 Å². The molecule has 5 heteroatoms. The summed E-state index contributed by atoms with van der Waals surface area (Å²) in [5, 5.41) is 17.1. The van der Waals surface area contributed by atoms with E-state index in [0.29, 0.717) is 6.42 Å². The van der Waals surface area contributed by atoms with Gasteiger partial charge in [-0.3, -0.25) is 9.89 Å². The first-order valence-electron chi connectivity index (χ1n) is 9.64. The van der Waals surface area contributed by atoms with Crippen molar-refractivity contribution in [2.24, 2.45) is 0 Å². The molecule has 0 amide bonds. The minimum absolute atomic E-state index is 0.128. The molecule has 5 nitrogen and oxygen atoms in total. The molecule has 2 N–H and O–H groups in total. The number of hydrogen-bond donors (Lipinski definition) is 2. The van der Waals surface area contributed by atoms with Crippen LogP contribution in [0.15, 0.2) is 42.6 Å². The largest absolute Gasteiger partial charge is 0.490 e. The molecule has 1 aromatic heterocycles. The van der Waals surface area contributed by atoms with E-state index in [1.807, 2.05) is 24.4 Å². The van der Waals surface area contributed by atoms with Gasteiger partial charge >= 0.3 is 5.97 Å². The molecule has 0 saturated heterocycles. The second-order valence-corrected chi connectivity index (χ2v) is 7.27. The number of nitrogens with zero attached hydrogens (tertiary/aromatic N) is 1. The monoisotopic (exact) mass is 364 g/mol. The molecule has 2 aromatic carbocycles. The Kier molecular flexibility index (Phi) is 5.10. The number of carboxylic acid groups (broad SMARTS) is 1. The standard InChI is InChI=1S/C22H24N2O3/c25-22(26)11-7-15-6-10-21(27-18-4-2-1-3-5-18)19(12-15)16-8-9-20-17(13-16)14-23-24-20/h6,8-10,12-14,18H,1-5,7,11H2,(H,23,24)(H,25,26). The molecular weight excluding hydrogens is 340 g/mol. The number of carboxylic acids is 1. The number of hydrogen-bond acceptors (Lipinski definition) is 3. The molecule has 1 aliphatic rings. The van der Waals surface area contributed by atoms with Crippen LogP contribution in [0.5, 0.6) is 5.75 Å². The predicted octanol–water partition coefficient (Wildman–Crippen LogP) is 4.96. The second-order valence-electron chi connectivity index (χ2n) is 7.27. The molecule has 1 saturated carbocycles. The van der Waals surface area contributed by atoms with Crippen LogP contribution < -0.4 is 4.74 Å². The molecule has 1 heterocycles. The van der Waals surface area contributed by atoms with E-state index >= 15 is 0 Å². The van der Waals surface area contributed by atoms with Crippen LogP contribution in [0.4, 0.5) is 0 Å².